The van der Waals surface area contributed by atoms with Crippen molar-refractivity contribution in [3.63, 3.8) is 0 Å². The quantitative estimate of drug-likeness (QED) is 0.424. The van der Waals surface area contributed by atoms with E-state index in [1.54, 1.807) is 6.07 Å². The van der Waals surface area contributed by atoms with Gasteiger partial charge in [-0.3, -0.25) is 10.1 Å². The zero-order valence-electron chi connectivity index (χ0n) is 11.5. The molecule has 0 aliphatic rings. The first-order valence-electron chi connectivity index (χ1n) is 6.25. The van der Waals surface area contributed by atoms with E-state index in [0.29, 0.717) is 6.54 Å². The summed E-state index contributed by atoms with van der Waals surface area (Å²) in [5.41, 5.74) is -0.000000761. The summed E-state index contributed by atoms with van der Waals surface area (Å²) in [4.78, 5) is 10.2. The molecule has 7 nitrogen and oxygen atoms in total. The number of hydrogen-bond acceptors (Lipinski definition) is 5. The van der Waals surface area contributed by atoms with Gasteiger partial charge in [0, 0.05) is 30.8 Å². The van der Waals surface area contributed by atoms with Gasteiger partial charge in [-0.15, -0.1) is 0 Å². The molecule has 0 aliphatic heterocycles. The van der Waals surface area contributed by atoms with E-state index in [2.05, 4.69) is 10.0 Å². The van der Waals surface area contributed by atoms with Crippen molar-refractivity contribution in [1.82, 2.24) is 10.0 Å². The minimum Gasteiger partial charge on any atom is -0.313 e. The van der Waals surface area contributed by atoms with E-state index in [0.717, 1.165) is 0 Å². The van der Waals surface area contributed by atoms with Gasteiger partial charge in [-0.25, -0.2) is 13.1 Å². The number of para-hydroxylation sites is 1. The number of rotatable bonds is 8. The molecule has 2 N–H and O–H groups in total. The predicted octanol–water partition coefficient (Wildman–Crippen LogP) is 1.01. The van der Waals surface area contributed by atoms with Gasteiger partial charge in [0.2, 0.25) is 10.0 Å². The van der Waals surface area contributed by atoms with Crippen molar-refractivity contribution in [3.05, 3.63) is 39.9 Å². The average molecular weight is 301 g/mol. The van der Waals surface area contributed by atoms with Crippen molar-refractivity contribution in [3.8, 4) is 0 Å². The molecule has 8 heteroatoms. The van der Waals surface area contributed by atoms with Crippen molar-refractivity contribution in [2.24, 2.45) is 0 Å². The van der Waals surface area contributed by atoms with Gasteiger partial charge in [-0.2, -0.15) is 0 Å². The molecule has 0 aromatic heterocycles. The van der Waals surface area contributed by atoms with E-state index in [4.69, 9.17) is 0 Å². The third-order valence-electron chi connectivity index (χ3n) is 2.53. The largest absolute Gasteiger partial charge is 0.313 e. The topological polar surface area (TPSA) is 101 Å². The van der Waals surface area contributed by atoms with Gasteiger partial charge in [-0.1, -0.05) is 32.0 Å². The third-order valence-corrected chi connectivity index (χ3v) is 3.87. The van der Waals surface area contributed by atoms with Crippen LogP contribution in [-0.2, 0) is 15.8 Å². The fourth-order valence-electron chi connectivity index (χ4n) is 1.63. The van der Waals surface area contributed by atoms with Crippen molar-refractivity contribution >= 4 is 15.7 Å². The molecule has 0 atom stereocenters. The molecule has 0 unspecified atom stereocenters. The SMILES string of the molecule is CC(C)NCCNS(=O)(=O)Cc1ccccc1[N+](=O)[O-]. The van der Waals surface area contributed by atoms with Crippen LogP contribution in [0.2, 0.25) is 0 Å². The molecule has 0 fully saturated rings. The first-order valence-corrected chi connectivity index (χ1v) is 7.90. The maximum atomic E-state index is 11.9. The minimum atomic E-state index is -3.58. The van der Waals surface area contributed by atoms with Crippen LogP contribution in [-0.4, -0.2) is 32.5 Å². The Hall–Kier alpha value is -1.51. The zero-order chi connectivity index (χ0) is 15.2. The molecular weight excluding hydrogens is 282 g/mol. The Kier molecular flexibility index (Phi) is 6.05. The second-order valence-corrected chi connectivity index (χ2v) is 6.45. The second-order valence-electron chi connectivity index (χ2n) is 4.65. The van der Waals surface area contributed by atoms with Crippen molar-refractivity contribution in [2.45, 2.75) is 25.6 Å². The molecule has 1 rings (SSSR count). The number of nitro groups is 1. The van der Waals surface area contributed by atoms with E-state index < -0.39 is 20.7 Å². The molecule has 0 saturated carbocycles. The highest BCUT2D eigenvalue weighted by Crippen LogP contribution is 2.19. The van der Waals surface area contributed by atoms with E-state index in [1.807, 2.05) is 13.8 Å². The summed E-state index contributed by atoms with van der Waals surface area (Å²) in [6, 6.07) is 6.11. The maximum Gasteiger partial charge on any atom is 0.273 e. The van der Waals surface area contributed by atoms with Gasteiger partial charge in [0.15, 0.2) is 0 Å². The van der Waals surface area contributed by atoms with E-state index in [-0.39, 0.29) is 23.8 Å². The van der Waals surface area contributed by atoms with Gasteiger partial charge >= 0.3 is 0 Å². The molecule has 0 heterocycles. The van der Waals surface area contributed by atoms with Gasteiger partial charge in [0.05, 0.1) is 10.7 Å². The van der Waals surface area contributed by atoms with Gasteiger partial charge in [-0.05, 0) is 0 Å². The third kappa shape index (κ3) is 5.64. The fourth-order valence-corrected chi connectivity index (χ4v) is 2.80. The Morgan fingerprint density at radius 1 is 1.25 bits per heavy atom. The second kappa shape index (κ2) is 7.32. The van der Waals surface area contributed by atoms with Gasteiger partial charge < -0.3 is 5.32 Å². The summed E-state index contributed by atoms with van der Waals surface area (Å²) < 4.78 is 26.1. The van der Waals surface area contributed by atoms with Crippen LogP contribution < -0.4 is 10.0 Å². The zero-order valence-corrected chi connectivity index (χ0v) is 12.3. The van der Waals surface area contributed by atoms with E-state index in [9.17, 15) is 18.5 Å². The Bertz CT molecular complexity index is 558. The Labute approximate surface area is 118 Å². The van der Waals surface area contributed by atoms with Crippen LogP contribution in [0, 0.1) is 10.1 Å². The lowest BCUT2D eigenvalue weighted by Crippen LogP contribution is -2.35. The number of sulfonamides is 1. The molecule has 1 aromatic rings. The van der Waals surface area contributed by atoms with Crippen LogP contribution in [0.25, 0.3) is 0 Å². The molecule has 0 aliphatic carbocycles. The Morgan fingerprint density at radius 2 is 1.90 bits per heavy atom. The Morgan fingerprint density at radius 3 is 2.50 bits per heavy atom. The van der Waals surface area contributed by atoms with Crippen LogP contribution in [0.3, 0.4) is 0 Å². The summed E-state index contributed by atoms with van der Waals surface area (Å²) in [5, 5.41) is 13.9. The van der Waals surface area contributed by atoms with Crippen LogP contribution in [0.4, 0.5) is 5.69 Å². The molecule has 0 bridgehead atoms. The molecule has 0 saturated heterocycles. The molecule has 112 valence electrons. The molecule has 20 heavy (non-hydrogen) atoms. The lowest BCUT2D eigenvalue weighted by molar-refractivity contribution is -0.385. The molecule has 0 radical (unpaired) electrons. The molecule has 0 spiro atoms. The monoisotopic (exact) mass is 301 g/mol. The fraction of sp³-hybridized carbons (Fsp3) is 0.500. The number of nitrogens with one attached hydrogen (secondary N) is 2. The van der Waals surface area contributed by atoms with E-state index >= 15 is 0 Å². The highest BCUT2D eigenvalue weighted by atomic mass is 32.2. The molecule has 1 aromatic carbocycles. The predicted molar refractivity (Wildman–Crippen MR) is 76.9 cm³/mol. The van der Waals surface area contributed by atoms with E-state index in [1.165, 1.54) is 18.2 Å². The number of hydrogen-bond donors (Lipinski definition) is 2. The number of nitrogens with zero attached hydrogens (tertiary/aromatic N) is 1. The highest BCUT2D eigenvalue weighted by molar-refractivity contribution is 7.88. The van der Waals surface area contributed by atoms with Crippen LogP contribution in [0.5, 0.6) is 0 Å². The first-order chi connectivity index (χ1) is 9.32. The van der Waals surface area contributed by atoms with Crippen molar-refractivity contribution in [1.29, 1.82) is 0 Å². The number of nitro benzene ring substituents is 1. The van der Waals surface area contributed by atoms with Gasteiger partial charge in [0.25, 0.3) is 5.69 Å². The summed E-state index contributed by atoms with van der Waals surface area (Å²) in [5.74, 6) is -0.397. The lowest BCUT2D eigenvalue weighted by Gasteiger charge is -2.10. The van der Waals surface area contributed by atoms with Gasteiger partial charge in [0.1, 0.15) is 0 Å². The summed E-state index contributed by atoms with van der Waals surface area (Å²) in [6.45, 7) is 4.68. The summed E-state index contributed by atoms with van der Waals surface area (Å²) in [6.07, 6.45) is 0. The lowest BCUT2D eigenvalue weighted by atomic mass is 10.2. The normalized spacial score (nSPS) is 11.8. The van der Waals surface area contributed by atoms with Crippen LogP contribution in [0.15, 0.2) is 24.3 Å². The number of benzene rings is 1. The first kappa shape index (κ1) is 16.5. The standard InChI is InChI=1S/C12H19N3O4S/c1-10(2)13-7-8-14-20(18,19)9-11-5-3-4-6-12(11)15(16)17/h3-6,10,13-14H,7-9H2,1-2H3. The summed E-state index contributed by atoms with van der Waals surface area (Å²) in [7, 11) is -3.58. The minimum absolute atomic E-state index is 0.182. The van der Waals surface area contributed by atoms with Crippen LogP contribution in [0.1, 0.15) is 19.4 Å². The summed E-state index contributed by atoms with van der Waals surface area (Å²) >= 11 is 0. The molecule has 0 amide bonds. The highest BCUT2D eigenvalue weighted by Gasteiger charge is 2.19. The smallest absolute Gasteiger partial charge is 0.273 e. The average Bonchev–Trinajstić information content (AvgIpc) is 2.34. The van der Waals surface area contributed by atoms with Crippen molar-refractivity contribution in [2.75, 3.05) is 13.1 Å². The van der Waals surface area contributed by atoms with Crippen molar-refractivity contribution < 1.29 is 13.3 Å². The maximum absolute atomic E-state index is 11.9. The Balaban J connectivity index is 2.65. The molecular formula is C12H19N3O4S. The van der Waals surface area contributed by atoms with Crippen LogP contribution >= 0.6 is 0 Å².